The summed E-state index contributed by atoms with van der Waals surface area (Å²) in [5, 5.41) is 8.03. The van der Waals surface area contributed by atoms with Gasteiger partial charge in [-0.1, -0.05) is 41.7 Å². The summed E-state index contributed by atoms with van der Waals surface area (Å²) in [4.78, 5) is 32.5. The number of carbonyl (C=O) groups is 1. The van der Waals surface area contributed by atoms with Crippen LogP contribution in [0.25, 0.3) is 21.8 Å². The highest BCUT2D eigenvalue weighted by Crippen LogP contribution is 2.38. The molecule has 0 unspecified atom stereocenters. The molecule has 0 atom stereocenters. The average Bonchev–Trinajstić information content (AvgIpc) is 3.23. The lowest BCUT2D eigenvalue weighted by Gasteiger charge is -2.26. The second kappa shape index (κ2) is 10.2. The molecule has 0 radical (unpaired) electrons. The summed E-state index contributed by atoms with van der Waals surface area (Å²) in [6, 6.07) is 13.0. The van der Waals surface area contributed by atoms with Crippen molar-refractivity contribution in [2.75, 3.05) is 38.2 Å². The number of carbonyl (C=O) groups excluding carboxylic acids is 1. The predicted molar refractivity (Wildman–Crippen MR) is 126 cm³/mol. The summed E-state index contributed by atoms with van der Waals surface area (Å²) in [5.41, 5.74) is 2.17. The van der Waals surface area contributed by atoms with Crippen molar-refractivity contribution >= 4 is 22.4 Å². The Labute approximate surface area is 190 Å². The Kier molecular flexibility index (Phi) is 7.09. The number of thiazole rings is 1. The average molecular weight is 454 g/mol. The number of aromatic nitrogens is 3. The molecule has 32 heavy (non-hydrogen) atoms. The Morgan fingerprint density at radius 2 is 1.91 bits per heavy atom. The number of hydrogen-bond acceptors (Lipinski definition) is 7. The van der Waals surface area contributed by atoms with Crippen LogP contribution in [0.4, 0.5) is 5.13 Å². The number of nitrogens with zero attached hydrogens (tertiary/aromatic N) is 4. The number of amides is 1. The molecule has 0 bridgehead atoms. The molecule has 3 aromatic rings. The number of hydrogen-bond donors (Lipinski definition) is 1. The van der Waals surface area contributed by atoms with Crippen LogP contribution in [-0.4, -0.2) is 58.4 Å². The molecular weight excluding hydrogens is 426 g/mol. The summed E-state index contributed by atoms with van der Waals surface area (Å²) in [6.45, 7) is 7.66. The molecule has 1 amide bonds. The minimum absolute atomic E-state index is 0.0603. The normalized spacial score (nSPS) is 14.6. The molecule has 4 rings (SSSR count). The molecule has 2 aromatic heterocycles. The molecule has 1 aliphatic rings. The van der Waals surface area contributed by atoms with Crippen LogP contribution in [0, 0.1) is 0 Å². The number of morpholine rings is 1. The van der Waals surface area contributed by atoms with Crippen molar-refractivity contribution < 1.29 is 9.53 Å². The molecular formula is C23H27N5O3S. The number of nitrogens with one attached hydrogen (secondary N) is 1. The maximum absolute atomic E-state index is 12.6. The van der Waals surface area contributed by atoms with Crippen LogP contribution in [0.5, 0.6) is 0 Å². The summed E-state index contributed by atoms with van der Waals surface area (Å²) >= 11 is 1.37. The highest BCUT2D eigenvalue weighted by Gasteiger charge is 2.19. The first kappa shape index (κ1) is 22.3. The highest BCUT2D eigenvalue weighted by molar-refractivity contribution is 7.19. The van der Waals surface area contributed by atoms with Crippen LogP contribution in [0.1, 0.15) is 26.3 Å². The van der Waals surface area contributed by atoms with E-state index in [4.69, 9.17) is 9.72 Å². The maximum atomic E-state index is 12.6. The zero-order valence-electron chi connectivity index (χ0n) is 18.3. The van der Waals surface area contributed by atoms with Crippen LogP contribution in [0.3, 0.4) is 0 Å². The first-order valence-electron chi connectivity index (χ1n) is 10.8. The van der Waals surface area contributed by atoms with Crippen molar-refractivity contribution in [1.29, 1.82) is 0 Å². The summed E-state index contributed by atoms with van der Waals surface area (Å²) in [5.74, 6) is -0.0727. The lowest BCUT2D eigenvalue weighted by atomic mass is 10.1. The van der Waals surface area contributed by atoms with Crippen LogP contribution in [-0.2, 0) is 9.53 Å². The lowest BCUT2D eigenvalue weighted by Crippen LogP contribution is -2.38. The monoisotopic (exact) mass is 453 g/mol. The van der Waals surface area contributed by atoms with Gasteiger partial charge in [0.2, 0.25) is 5.91 Å². The zero-order chi connectivity index (χ0) is 22.5. The number of rotatable bonds is 7. The summed E-state index contributed by atoms with van der Waals surface area (Å²) in [7, 11) is 0. The Morgan fingerprint density at radius 3 is 2.62 bits per heavy atom. The van der Waals surface area contributed by atoms with E-state index in [-0.39, 0.29) is 17.5 Å². The van der Waals surface area contributed by atoms with Crippen LogP contribution >= 0.6 is 11.3 Å². The fourth-order valence-corrected chi connectivity index (χ4v) is 4.49. The van der Waals surface area contributed by atoms with Crippen molar-refractivity contribution in [3.05, 3.63) is 52.8 Å². The van der Waals surface area contributed by atoms with Gasteiger partial charge >= 0.3 is 0 Å². The van der Waals surface area contributed by atoms with E-state index in [9.17, 15) is 9.59 Å². The first-order chi connectivity index (χ1) is 15.5. The fourth-order valence-electron chi connectivity index (χ4n) is 3.52. The number of anilines is 1. The van der Waals surface area contributed by atoms with Gasteiger partial charge in [-0.15, -0.1) is 0 Å². The molecule has 3 heterocycles. The highest BCUT2D eigenvalue weighted by atomic mass is 32.1. The molecule has 9 heteroatoms. The molecule has 168 valence electrons. The van der Waals surface area contributed by atoms with Crippen LogP contribution in [0.2, 0.25) is 0 Å². The Bertz CT molecular complexity index is 1120. The van der Waals surface area contributed by atoms with E-state index < -0.39 is 0 Å². The topological polar surface area (TPSA) is 89.3 Å². The minimum atomic E-state index is -0.147. The maximum Gasteiger partial charge on any atom is 0.267 e. The second-order valence-electron chi connectivity index (χ2n) is 7.91. The van der Waals surface area contributed by atoms with Gasteiger partial charge in [-0.25, -0.2) is 9.67 Å². The number of ether oxygens (including phenoxy) is 1. The standard InChI is InChI=1S/C23H27N5O3S/c1-16(2)28-20(30)9-8-18(26-28)22-21(17-6-4-3-5-7-17)25-23(32-22)24-19(29)10-11-27-12-14-31-15-13-27/h3-9,16H,10-15H2,1-2H3,(H,24,25,29). The van der Waals surface area contributed by atoms with Gasteiger partial charge in [-0.2, -0.15) is 5.10 Å². The molecule has 0 saturated carbocycles. The van der Waals surface area contributed by atoms with Crippen molar-refractivity contribution in [2.24, 2.45) is 0 Å². The molecule has 0 spiro atoms. The van der Waals surface area contributed by atoms with Crippen LogP contribution in [0.15, 0.2) is 47.3 Å². The second-order valence-corrected chi connectivity index (χ2v) is 8.91. The molecule has 1 aliphatic heterocycles. The van der Waals surface area contributed by atoms with Crippen molar-refractivity contribution in [3.8, 4) is 21.8 Å². The summed E-state index contributed by atoms with van der Waals surface area (Å²) < 4.78 is 6.82. The van der Waals surface area contributed by atoms with Crippen molar-refractivity contribution in [3.63, 3.8) is 0 Å². The fraction of sp³-hybridized carbons (Fsp3) is 0.391. The molecule has 1 aromatic carbocycles. The predicted octanol–water partition coefficient (Wildman–Crippen LogP) is 3.28. The third kappa shape index (κ3) is 5.29. The third-order valence-electron chi connectivity index (χ3n) is 5.23. The molecule has 8 nitrogen and oxygen atoms in total. The van der Waals surface area contributed by atoms with Gasteiger partial charge in [0.15, 0.2) is 5.13 Å². The first-order valence-corrected chi connectivity index (χ1v) is 11.6. The van der Waals surface area contributed by atoms with Gasteiger partial charge in [0.1, 0.15) is 5.69 Å². The Morgan fingerprint density at radius 1 is 1.16 bits per heavy atom. The van der Waals surface area contributed by atoms with Gasteiger partial charge < -0.3 is 10.1 Å². The van der Waals surface area contributed by atoms with Gasteiger partial charge in [0.25, 0.3) is 5.56 Å². The smallest absolute Gasteiger partial charge is 0.267 e. The van der Waals surface area contributed by atoms with Gasteiger partial charge in [-0.3, -0.25) is 14.5 Å². The minimum Gasteiger partial charge on any atom is -0.379 e. The summed E-state index contributed by atoms with van der Waals surface area (Å²) in [6.07, 6.45) is 0.395. The lowest BCUT2D eigenvalue weighted by molar-refractivity contribution is -0.116. The Hall–Kier alpha value is -2.88. The van der Waals surface area contributed by atoms with E-state index in [0.717, 1.165) is 29.2 Å². The van der Waals surface area contributed by atoms with Crippen molar-refractivity contribution in [1.82, 2.24) is 19.7 Å². The van der Waals surface area contributed by atoms with Crippen LogP contribution < -0.4 is 10.9 Å². The molecule has 0 aliphatic carbocycles. The Balaban J connectivity index is 1.59. The van der Waals surface area contributed by atoms with Crippen molar-refractivity contribution in [2.45, 2.75) is 26.3 Å². The van der Waals surface area contributed by atoms with E-state index in [0.29, 0.717) is 37.0 Å². The molecule has 1 saturated heterocycles. The van der Waals surface area contributed by atoms with E-state index in [1.165, 1.54) is 22.1 Å². The van der Waals surface area contributed by atoms with E-state index in [1.54, 1.807) is 6.07 Å². The third-order valence-corrected chi connectivity index (χ3v) is 6.22. The molecule has 1 N–H and O–H groups in total. The largest absolute Gasteiger partial charge is 0.379 e. The quantitative estimate of drug-likeness (QED) is 0.591. The van der Waals surface area contributed by atoms with E-state index in [2.05, 4.69) is 15.3 Å². The van der Waals surface area contributed by atoms with Gasteiger partial charge in [0, 0.05) is 37.7 Å². The van der Waals surface area contributed by atoms with Gasteiger partial charge in [-0.05, 0) is 19.9 Å². The SMILES string of the molecule is CC(C)n1nc(-c2sc(NC(=O)CCN3CCOCC3)nc2-c2ccccc2)ccc1=O. The molecule has 1 fully saturated rings. The van der Waals surface area contributed by atoms with E-state index >= 15 is 0 Å². The number of benzene rings is 1. The zero-order valence-corrected chi connectivity index (χ0v) is 19.1. The van der Waals surface area contributed by atoms with E-state index in [1.807, 2.05) is 44.2 Å². The van der Waals surface area contributed by atoms with Gasteiger partial charge in [0.05, 0.1) is 29.8 Å².